The van der Waals surface area contributed by atoms with Crippen molar-refractivity contribution in [3.8, 4) is 0 Å². The summed E-state index contributed by atoms with van der Waals surface area (Å²) in [7, 11) is 2.05. The lowest BCUT2D eigenvalue weighted by Gasteiger charge is -2.37. The van der Waals surface area contributed by atoms with Gasteiger partial charge in [0.25, 0.3) is 0 Å². The monoisotopic (exact) mass is 332 g/mol. The van der Waals surface area contributed by atoms with E-state index in [-0.39, 0.29) is 0 Å². The van der Waals surface area contributed by atoms with Crippen LogP contribution in [-0.4, -0.2) is 46.1 Å². The van der Waals surface area contributed by atoms with E-state index in [0.29, 0.717) is 11.1 Å². The van der Waals surface area contributed by atoms with Crippen molar-refractivity contribution >= 4 is 23.4 Å². The van der Waals surface area contributed by atoms with Crippen LogP contribution in [-0.2, 0) is 0 Å². The number of halogens is 1. The van der Waals surface area contributed by atoms with Gasteiger partial charge in [-0.1, -0.05) is 11.6 Å². The molecule has 3 heterocycles. The lowest BCUT2D eigenvalue weighted by atomic mass is 10.0. The minimum Gasteiger partial charge on any atom is -0.356 e. The Labute approximate surface area is 141 Å². The zero-order valence-corrected chi connectivity index (χ0v) is 14.5. The van der Waals surface area contributed by atoms with Gasteiger partial charge in [0.1, 0.15) is 12.1 Å². The largest absolute Gasteiger partial charge is 0.356 e. The third-order valence-electron chi connectivity index (χ3n) is 4.54. The van der Waals surface area contributed by atoms with Gasteiger partial charge < -0.3 is 9.80 Å². The smallest absolute Gasteiger partial charge is 0.225 e. The van der Waals surface area contributed by atoms with Crippen LogP contribution in [0.1, 0.15) is 24.1 Å². The minimum absolute atomic E-state index is 0.427. The minimum atomic E-state index is 0.427. The summed E-state index contributed by atoms with van der Waals surface area (Å²) >= 11 is 5.85. The molecule has 23 heavy (non-hydrogen) atoms. The molecular formula is C16H21ClN6. The maximum absolute atomic E-state index is 5.85. The van der Waals surface area contributed by atoms with E-state index in [4.69, 9.17) is 11.6 Å². The molecule has 0 radical (unpaired) electrons. The molecule has 7 heteroatoms. The molecule has 1 fully saturated rings. The van der Waals surface area contributed by atoms with Gasteiger partial charge in [0.15, 0.2) is 0 Å². The topological polar surface area (TPSA) is 58.0 Å². The molecule has 0 spiro atoms. The Kier molecular flexibility index (Phi) is 4.61. The third-order valence-corrected chi connectivity index (χ3v) is 4.74. The molecule has 6 nitrogen and oxygen atoms in total. The average Bonchev–Trinajstić information content (AvgIpc) is 2.58. The summed E-state index contributed by atoms with van der Waals surface area (Å²) in [6.45, 7) is 6.06. The van der Waals surface area contributed by atoms with Crippen LogP contribution < -0.4 is 9.80 Å². The van der Waals surface area contributed by atoms with E-state index in [9.17, 15) is 0 Å². The van der Waals surface area contributed by atoms with Gasteiger partial charge in [0.05, 0.1) is 17.4 Å². The van der Waals surface area contributed by atoms with Crippen molar-refractivity contribution in [3.63, 3.8) is 0 Å². The number of hydrogen-bond acceptors (Lipinski definition) is 6. The van der Waals surface area contributed by atoms with Gasteiger partial charge in [-0.15, -0.1) is 0 Å². The summed E-state index contributed by atoms with van der Waals surface area (Å²) in [5, 5.41) is 0.562. The Morgan fingerprint density at radius 3 is 2.39 bits per heavy atom. The van der Waals surface area contributed by atoms with E-state index in [1.165, 1.54) is 5.56 Å². The fourth-order valence-electron chi connectivity index (χ4n) is 2.96. The fourth-order valence-corrected chi connectivity index (χ4v) is 3.06. The van der Waals surface area contributed by atoms with Crippen molar-refractivity contribution in [2.45, 2.75) is 32.7 Å². The first kappa shape index (κ1) is 15.9. The quantitative estimate of drug-likeness (QED) is 0.861. The Hall–Kier alpha value is -1.95. The van der Waals surface area contributed by atoms with Crippen molar-refractivity contribution in [3.05, 3.63) is 35.0 Å². The van der Waals surface area contributed by atoms with Crippen LogP contribution in [0.4, 0.5) is 11.8 Å². The number of aromatic nitrogens is 4. The van der Waals surface area contributed by atoms with Crippen LogP contribution in [0.5, 0.6) is 0 Å². The molecule has 1 aliphatic rings. The maximum Gasteiger partial charge on any atom is 0.225 e. The summed E-state index contributed by atoms with van der Waals surface area (Å²) in [4.78, 5) is 21.8. The van der Waals surface area contributed by atoms with Crippen molar-refractivity contribution < 1.29 is 0 Å². The first-order chi connectivity index (χ1) is 11.1. The second-order valence-electron chi connectivity index (χ2n) is 5.94. The Bertz CT molecular complexity index is 667. The summed E-state index contributed by atoms with van der Waals surface area (Å²) in [5.74, 6) is 1.78. The number of nitrogens with zero attached hydrogens (tertiary/aromatic N) is 6. The van der Waals surface area contributed by atoms with Crippen LogP contribution in [0.3, 0.4) is 0 Å². The Morgan fingerprint density at radius 2 is 1.74 bits per heavy atom. The van der Waals surface area contributed by atoms with Crippen LogP contribution in [0.15, 0.2) is 18.7 Å². The Morgan fingerprint density at radius 1 is 1.09 bits per heavy atom. The number of rotatable bonds is 3. The summed E-state index contributed by atoms with van der Waals surface area (Å²) < 4.78 is 0. The van der Waals surface area contributed by atoms with E-state index in [1.54, 1.807) is 18.7 Å². The predicted molar refractivity (Wildman–Crippen MR) is 92.2 cm³/mol. The highest BCUT2D eigenvalue weighted by molar-refractivity contribution is 6.30. The number of aryl methyl sites for hydroxylation is 1. The van der Waals surface area contributed by atoms with Crippen LogP contribution in [0, 0.1) is 13.8 Å². The molecule has 0 saturated carbocycles. The molecule has 0 unspecified atom stereocenters. The standard InChI is InChI=1S/C16H21ClN6/c1-11-12(2)20-10-21-15(11)23-6-4-14(5-7-23)22(3)16-18-8-13(17)9-19-16/h8-10,14H,4-7H2,1-3H3. The predicted octanol–water partition coefficient (Wildman–Crippen LogP) is 2.64. The molecule has 2 aromatic rings. The summed E-state index contributed by atoms with van der Waals surface area (Å²) in [6.07, 6.45) is 7.03. The van der Waals surface area contributed by atoms with Crippen molar-refractivity contribution in [1.82, 2.24) is 19.9 Å². The van der Waals surface area contributed by atoms with E-state index < -0.39 is 0 Å². The molecule has 0 amide bonds. The zero-order valence-electron chi connectivity index (χ0n) is 13.7. The maximum atomic E-state index is 5.85. The molecule has 0 bridgehead atoms. The second kappa shape index (κ2) is 6.66. The molecule has 2 aromatic heterocycles. The lowest BCUT2D eigenvalue weighted by Crippen LogP contribution is -2.44. The lowest BCUT2D eigenvalue weighted by molar-refractivity contribution is 0.474. The molecule has 122 valence electrons. The number of piperidine rings is 1. The van der Waals surface area contributed by atoms with Gasteiger partial charge in [-0.2, -0.15) is 0 Å². The first-order valence-electron chi connectivity index (χ1n) is 7.80. The van der Waals surface area contributed by atoms with E-state index in [0.717, 1.165) is 43.4 Å². The highest BCUT2D eigenvalue weighted by Gasteiger charge is 2.25. The van der Waals surface area contributed by atoms with Crippen LogP contribution in [0.25, 0.3) is 0 Å². The highest BCUT2D eigenvalue weighted by Crippen LogP contribution is 2.25. The molecule has 1 saturated heterocycles. The zero-order chi connectivity index (χ0) is 16.4. The number of anilines is 2. The van der Waals surface area contributed by atoms with E-state index in [2.05, 4.69) is 36.7 Å². The van der Waals surface area contributed by atoms with Crippen molar-refractivity contribution in [2.24, 2.45) is 0 Å². The van der Waals surface area contributed by atoms with Gasteiger partial charge in [0, 0.05) is 37.4 Å². The molecule has 1 aliphatic heterocycles. The van der Waals surface area contributed by atoms with Gasteiger partial charge in [-0.25, -0.2) is 19.9 Å². The molecule has 0 aromatic carbocycles. The molecule has 0 N–H and O–H groups in total. The van der Waals surface area contributed by atoms with E-state index >= 15 is 0 Å². The molecule has 0 aliphatic carbocycles. The van der Waals surface area contributed by atoms with Crippen LogP contribution >= 0.6 is 11.6 Å². The highest BCUT2D eigenvalue weighted by atomic mass is 35.5. The molecular weight excluding hydrogens is 312 g/mol. The number of hydrogen-bond donors (Lipinski definition) is 0. The van der Waals surface area contributed by atoms with Crippen LogP contribution in [0.2, 0.25) is 5.02 Å². The molecule has 3 rings (SSSR count). The summed E-state index contributed by atoms with van der Waals surface area (Å²) in [6, 6.07) is 0.427. The van der Waals surface area contributed by atoms with Gasteiger partial charge in [-0.05, 0) is 26.7 Å². The third kappa shape index (κ3) is 3.37. The first-order valence-corrected chi connectivity index (χ1v) is 8.17. The molecule has 0 atom stereocenters. The van der Waals surface area contributed by atoms with Gasteiger partial charge in [0.2, 0.25) is 5.95 Å². The van der Waals surface area contributed by atoms with Crippen molar-refractivity contribution in [2.75, 3.05) is 29.9 Å². The Balaban J connectivity index is 1.66. The summed E-state index contributed by atoms with van der Waals surface area (Å²) in [5.41, 5.74) is 2.21. The van der Waals surface area contributed by atoms with E-state index in [1.807, 2.05) is 14.0 Å². The second-order valence-corrected chi connectivity index (χ2v) is 6.37. The van der Waals surface area contributed by atoms with Crippen molar-refractivity contribution in [1.29, 1.82) is 0 Å². The normalized spacial score (nSPS) is 15.7. The van der Waals surface area contributed by atoms with Gasteiger partial charge >= 0.3 is 0 Å². The van der Waals surface area contributed by atoms with Gasteiger partial charge in [-0.3, -0.25) is 0 Å². The fraction of sp³-hybridized carbons (Fsp3) is 0.500. The SMILES string of the molecule is Cc1ncnc(N2CCC(N(C)c3ncc(Cl)cn3)CC2)c1C. The average molecular weight is 333 g/mol.